The number of hydrogen-bond donors (Lipinski definition) is 0. The monoisotopic (exact) mass is 363 g/mol. The third-order valence-electron chi connectivity index (χ3n) is 9.80. The lowest BCUT2D eigenvalue weighted by atomic mass is 9.54. The topological polar surface area (TPSA) is 3.24 Å². The molecule has 1 heteroatoms. The van der Waals surface area contributed by atoms with E-state index in [1.807, 2.05) is 5.57 Å². The van der Waals surface area contributed by atoms with Gasteiger partial charge in [0.15, 0.2) is 0 Å². The molecule has 0 aromatic rings. The molecule has 3 fully saturated rings. The van der Waals surface area contributed by atoms with Crippen molar-refractivity contribution in [3.8, 4) is 0 Å². The molecule has 6 rings (SSSR count). The normalized spacial score (nSPS) is 38.8. The molecular formula is C26H37N. The first-order chi connectivity index (χ1) is 13.2. The highest BCUT2D eigenvalue weighted by atomic mass is 15.1. The average Bonchev–Trinajstić information content (AvgIpc) is 3.29. The highest BCUT2D eigenvalue weighted by molar-refractivity contribution is 5.25. The molecule has 0 aromatic carbocycles. The number of hydrogen-bond acceptors (Lipinski definition) is 1. The van der Waals surface area contributed by atoms with E-state index in [4.69, 9.17) is 0 Å². The molecule has 1 heterocycles. The molecule has 0 atom stereocenters. The van der Waals surface area contributed by atoms with Gasteiger partial charge in [0.2, 0.25) is 0 Å². The van der Waals surface area contributed by atoms with Crippen LogP contribution < -0.4 is 0 Å². The first-order valence-corrected chi connectivity index (χ1v) is 12.0. The molecule has 5 aliphatic carbocycles. The van der Waals surface area contributed by atoms with Gasteiger partial charge in [-0.25, -0.2) is 0 Å². The van der Waals surface area contributed by atoms with E-state index < -0.39 is 0 Å². The van der Waals surface area contributed by atoms with Gasteiger partial charge in [-0.05, 0) is 99.2 Å². The standard InChI is InChI=1S/C26H37N/c1-2-8-25(7-1)13-6-23(20-25)27-16-14-26(15-17-27)18-22(19-26)21-4-11-24(12-5-21)9-3-10-24/h4,6,14,16,22H,1-3,5,7-13,15,17-20H2. The molecule has 27 heavy (non-hydrogen) atoms. The molecule has 146 valence electrons. The van der Waals surface area contributed by atoms with Gasteiger partial charge < -0.3 is 4.90 Å². The van der Waals surface area contributed by atoms with Crippen molar-refractivity contribution < 1.29 is 0 Å². The van der Waals surface area contributed by atoms with Gasteiger partial charge in [0.05, 0.1) is 0 Å². The van der Waals surface area contributed by atoms with Crippen LogP contribution >= 0.6 is 0 Å². The van der Waals surface area contributed by atoms with Crippen LogP contribution in [0.15, 0.2) is 35.7 Å². The summed E-state index contributed by atoms with van der Waals surface area (Å²) in [6.07, 6.45) is 32.1. The fraction of sp³-hybridized carbons (Fsp3) is 0.769. The van der Waals surface area contributed by atoms with Crippen molar-refractivity contribution in [3.05, 3.63) is 35.7 Å². The number of rotatable bonds is 2. The summed E-state index contributed by atoms with van der Waals surface area (Å²) in [5, 5.41) is 0. The van der Waals surface area contributed by atoms with E-state index in [0.29, 0.717) is 10.8 Å². The zero-order valence-corrected chi connectivity index (χ0v) is 17.1. The number of allylic oxidation sites excluding steroid dienone is 5. The molecule has 0 bridgehead atoms. The third-order valence-corrected chi connectivity index (χ3v) is 9.80. The van der Waals surface area contributed by atoms with Gasteiger partial charge in [0, 0.05) is 18.4 Å². The Morgan fingerprint density at radius 3 is 2.22 bits per heavy atom. The maximum Gasteiger partial charge on any atom is 0.0230 e. The van der Waals surface area contributed by atoms with Crippen molar-refractivity contribution in [2.24, 2.45) is 22.2 Å². The minimum atomic E-state index is 0.553. The first-order valence-electron chi connectivity index (χ1n) is 12.0. The van der Waals surface area contributed by atoms with Crippen molar-refractivity contribution in [2.45, 2.75) is 96.3 Å². The predicted molar refractivity (Wildman–Crippen MR) is 112 cm³/mol. The molecular weight excluding hydrogens is 326 g/mol. The lowest BCUT2D eigenvalue weighted by Crippen LogP contribution is -2.42. The Labute approximate surface area is 166 Å². The minimum absolute atomic E-state index is 0.553. The molecule has 3 saturated carbocycles. The number of nitrogens with zero attached hydrogens (tertiary/aromatic N) is 1. The van der Waals surface area contributed by atoms with Gasteiger partial charge in [0.1, 0.15) is 0 Å². The molecule has 0 radical (unpaired) electrons. The zero-order chi connectivity index (χ0) is 18.0. The van der Waals surface area contributed by atoms with Crippen LogP contribution in [0.5, 0.6) is 0 Å². The molecule has 3 spiro atoms. The first kappa shape index (κ1) is 16.9. The lowest BCUT2D eigenvalue weighted by Gasteiger charge is -2.52. The fourth-order valence-electron chi connectivity index (χ4n) is 7.56. The van der Waals surface area contributed by atoms with Crippen LogP contribution in [0.2, 0.25) is 0 Å². The largest absolute Gasteiger partial charge is 0.352 e. The van der Waals surface area contributed by atoms with Crippen LogP contribution in [0.3, 0.4) is 0 Å². The Morgan fingerprint density at radius 2 is 1.59 bits per heavy atom. The van der Waals surface area contributed by atoms with Crippen molar-refractivity contribution in [1.29, 1.82) is 0 Å². The van der Waals surface area contributed by atoms with Gasteiger partial charge in [-0.2, -0.15) is 0 Å². The van der Waals surface area contributed by atoms with Crippen LogP contribution in [0.1, 0.15) is 96.3 Å². The molecule has 1 nitrogen and oxygen atoms in total. The predicted octanol–water partition coefficient (Wildman–Crippen LogP) is 7.12. The summed E-state index contributed by atoms with van der Waals surface area (Å²) in [4.78, 5) is 2.62. The van der Waals surface area contributed by atoms with Crippen molar-refractivity contribution >= 4 is 0 Å². The zero-order valence-electron chi connectivity index (χ0n) is 17.1. The Balaban J connectivity index is 1.05. The molecule has 0 N–H and O–H groups in total. The van der Waals surface area contributed by atoms with Crippen LogP contribution in [0.25, 0.3) is 0 Å². The van der Waals surface area contributed by atoms with E-state index >= 15 is 0 Å². The summed E-state index contributed by atoms with van der Waals surface area (Å²) < 4.78 is 0. The summed E-state index contributed by atoms with van der Waals surface area (Å²) in [6, 6.07) is 0. The Kier molecular flexibility index (Phi) is 3.77. The highest BCUT2D eigenvalue weighted by Gasteiger charge is 2.47. The Morgan fingerprint density at radius 1 is 0.815 bits per heavy atom. The van der Waals surface area contributed by atoms with E-state index in [-0.39, 0.29) is 0 Å². The molecule has 0 unspecified atom stereocenters. The van der Waals surface area contributed by atoms with Gasteiger partial charge >= 0.3 is 0 Å². The van der Waals surface area contributed by atoms with E-state index in [9.17, 15) is 0 Å². The van der Waals surface area contributed by atoms with Crippen molar-refractivity contribution in [3.63, 3.8) is 0 Å². The second-order valence-electron chi connectivity index (χ2n) is 11.3. The van der Waals surface area contributed by atoms with Crippen LogP contribution in [-0.2, 0) is 0 Å². The fourth-order valence-corrected chi connectivity index (χ4v) is 7.56. The maximum absolute atomic E-state index is 2.68. The smallest absolute Gasteiger partial charge is 0.0230 e. The highest BCUT2D eigenvalue weighted by Crippen LogP contribution is 2.58. The minimum Gasteiger partial charge on any atom is -0.352 e. The quantitative estimate of drug-likeness (QED) is 0.472. The molecule has 1 aliphatic heterocycles. The second-order valence-corrected chi connectivity index (χ2v) is 11.3. The Hall–Kier alpha value is -0.980. The van der Waals surface area contributed by atoms with Gasteiger partial charge in [-0.15, -0.1) is 0 Å². The van der Waals surface area contributed by atoms with Crippen LogP contribution in [0, 0.1) is 22.2 Å². The third kappa shape index (κ3) is 2.78. The summed E-state index contributed by atoms with van der Waals surface area (Å²) in [6.45, 7) is 1.27. The average molecular weight is 364 g/mol. The summed E-state index contributed by atoms with van der Waals surface area (Å²) in [7, 11) is 0. The Bertz CT molecular complexity index is 692. The molecule has 0 saturated heterocycles. The molecule has 0 amide bonds. The van der Waals surface area contributed by atoms with Gasteiger partial charge in [0.25, 0.3) is 0 Å². The summed E-state index contributed by atoms with van der Waals surface area (Å²) >= 11 is 0. The van der Waals surface area contributed by atoms with Crippen LogP contribution in [0.4, 0.5) is 0 Å². The van der Waals surface area contributed by atoms with E-state index in [1.54, 1.807) is 5.70 Å². The summed E-state index contributed by atoms with van der Waals surface area (Å²) in [5.41, 5.74) is 5.49. The maximum atomic E-state index is 2.68. The molecule has 6 aliphatic rings. The van der Waals surface area contributed by atoms with Crippen LogP contribution in [-0.4, -0.2) is 11.4 Å². The van der Waals surface area contributed by atoms with Gasteiger partial charge in [-0.3, -0.25) is 0 Å². The van der Waals surface area contributed by atoms with Crippen molar-refractivity contribution in [1.82, 2.24) is 4.90 Å². The van der Waals surface area contributed by atoms with E-state index in [2.05, 4.69) is 29.3 Å². The second kappa shape index (κ2) is 6.01. The lowest BCUT2D eigenvalue weighted by molar-refractivity contribution is 0.0801. The van der Waals surface area contributed by atoms with Crippen molar-refractivity contribution in [2.75, 3.05) is 6.54 Å². The SMILES string of the molecule is C1=CC2(CCN1C1=CCC3(CCCC3)C1)CC(C1=CCC3(CCC3)CC1)C2. The van der Waals surface area contributed by atoms with E-state index in [0.717, 1.165) is 11.3 Å². The molecule has 0 aromatic heterocycles. The van der Waals surface area contributed by atoms with E-state index in [1.165, 1.54) is 103 Å². The summed E-state index contributed by atoms with van der Waals surface area (Å²) in [5.74, 6) is 0.922. The van der Waals surface area contributed by atoms with Gasteiger partial charge in [-0.1, -0.05) is 43.1 Å².